The molecule has 0 saturated carbocycles. The molecule has 0 bridgehead atoms. The SMILES string of the molecule is COc1cc2c(c(CN3CCNC(C)(C)C3)c1)OC(C)C2. The zero-order valence-electron chi connectivity index (χ0n) is 13.5. The van der Waals surface area contributed by atoms with Gasteiger partial charge in [0.05, 0.1) is 7.11 Å². The van der Waals surface area contributed by atoms with Gasteiger partial charge in [0, 0.05) is 49.3 Å². The lowest BCUT2D eigenvalue weighted by Crippen LogP contribution is -2.56. The fourth-order valence-corrected chi connectivity index (χ4v) is 3.44. The number of ether oxygens (including phenoxy) is 2. The van der Waals surface area contributed by atoms with Gasteiger partial charge in [-0.15, -0.1) is 0 Å². The first-order chi connectivity index (χ1) is 9.97. The standard InChI is InChI=1S/C17H26N2O2/c1-12-7-13-8-15(20-4)9-14(16(13)21-12)10-19-6-5-18-17(2,3)11-19/h8-9,12,18H,5-7,10-11H2,1-4H3. The smallest absolute Gasteiger partial charge is 0.127 e. The molecule has 0 amide bonds. The first-order valence-corrected chi connectivity index (χ1v) is 7.81. The number of benzene rings is 1. The van der Waals surface area contributed by atoms with E-state index < -0.39 is 0 Å². The molecule has 21 heavy (non-hydrogen) atoms. The molecule has 116 valence electrons. The van der Waals surface area contributed by atoms with Crippen molar-refractivity contribution in [2.75, 3.05) is 26.7 Å². The van der Waals surface area contributed by atoms with Gasteiger partial charge in [-0.05, 0) is 32.9 Å². The Bertz CT molecular complexity index is 528. The molecule has 1 aromatic carbocycles. The Morgan fingerprint density at radius 1 is 1.43 bits per heavy atom. The minimum atomic E-state index is 0.175. The lowest BCUT2D eigenvalue weighted by molar-refractivity contribution is 0.146. The van der Waals surface area contributed by atoms with Crippen LogP contribution in [0, 0.1) is 0 Å². The highest BCUT2D eigenvalue weighted by molar-refractivity contribution is 5.49. The molecule has 0 spiro atoms. The zero-order chi connectivity index (χ0) is 15.0. The van der Waals surface area contributed by atoms with Crippen molar-refractivity contribution >= 4 is 0 Å². The van der Waals surface area contributed by atoms with Crippen LogP contribution in [0.25, 0.3) is 0 Å². The van der Waals surface area contributed by atoms with Crippen molar-refractivity contribution in [3.05, 3.63) is 23.3 Å². The Kier molecular flexibility index (Phi) is 3.84. The fourth-order valence-electron chi connectivity index (χ4n) is 3.44. The first kappa shape index (κ1) is 14.7. The van der Waals surface area contributed by atoms with E-state index in [0.717, 1.165) is 44.1 Å². The average Bonchev–Trinajstić information content (AvgIpc) is 2.78. The molecule has 1 aromatic rings. The van der Waals surface area contributed by atoms with Crippen molar-refractivity contribution in [1.29, 1.82) is 0 Å². The fraction of sp³-hybridized carbons (Fsp3) is 0.647. The summed E-state index contributed by atoms with van der Waals surface area (Å²) in [7, 11) is 1.73. The maximum absolute atomic E-state index is 6.03. The predicted octanol–water partition coefficient (Wildman–Crippen LogP) is 2.20. The zero-order valence-corrected chi connectivity index (χ0v) is 13.5. The van der Waals surface area contributed by atoms with E-state index in [1.54, 1.807) is 7.11 Å². The minimum absolute atomic E-state index is 0.175. The maximum Gasteiger partial charge on any atom is 0.127 e. The summed E-state index contributed by atoms with van der Waals surface area (Å²) in [5, 5.41) is 3.56. The van der Waals surface area contributed by atoms with Crippen LogP contribution in [0.1, 0.15) is 31.9 Å². The molecule has 2 heterocycles. The number of hydrogen-bond acceptors (Lipinski definition) is 4. The van der Waals surface area contributed by atoms with Crippen LogP contribution >= 0.6 is 0 Å². The molecule has 0 radical (unpaired) electrons. The van der Waals surface area contributed by atoms with Crippen molar-refractivity contribution in [3.8, 4) is 11.5 Å². The van der Waals surface area contributed by atoms with Crippen LogP contribution in [0.4, 0.5) is 0 Å². The van der Waals surface area contributed by atoms with Crippen LogP contribution in [0.5, 0.6) is 11.5 Å². The number of rotatable bonds is 3. The van der Waals surface area contributed by atoms with E-state index in [2.05, 4.69) is 43.1 Å². The van der Waals surface area contributed by atoms with E-state index in [-0.39, 0.29) is 11.6 Å². The van der Waals surface area contributed by atoms with Crippen molar-refractivity contribution < 1.29 is 9.47 Å². The number of fused-ring (bicyclic) bond motifs is 1. The van der Waals surface area contributed by atoms with E-state index in [4.69, 9.17) is 9.47 Å². The highest BCUT2D eigenvalue weighted by Gasteiger charge is 2.28. The van der Waals surface area contributed by atoms with Gasteiger partial charge in [0.2, 0.25) is 0 Å². The molecule has 2 aliphatic heterocycles. The molecule has 0 aromatic heterocycles. The summed E-state index contributed by atoms with van der Waals surface area (Å²) in [6.07, 6.45) is 1.25. The third-order valence-corrected chi connectivity index (χ3v) is 4.32. The molecule has 1 N–H and O–H groups in total. The molecular formula is C17H26N2O2. The second-order valence-corrected chi connectivity index (χ2v) is 6.93. The summed E-state index contributed by atoms with van der Waals surface area (Å²) >= 11 is 0. The third kappa shape index (κ3) is 3.16. The highest BCUT2D eigenvalue weighted by atomic mass is 16.5. The predicted molar refractivity (Wildman–Crippen MR) is 84.1 cm³/mol. The molecule has 1 saturated heterocycles. The Labute approximate surface area is 127 Å². The van der Waals surface area contributed by atoms with E-state index in [1.165, 1.54) is 11.1 Å². The van der Waals surface area contributed by atoms with Crippen LogP contribution in [0.15, 0.2) is 12.1 Å². The highest BCUT2D eigenvalue weighted by Crippen LogP contribution is 2.37. The van der Waals surface area contributed by atoms with E-state index in [9.17, 15) is 0 Å². The van der Waals surface area contributed by atoms with Gasteiger partial charge in [-0.3, -0.25) is 4.90 Å². The van der Waals surface area contributed by atoms with E-state index in [0.29, 0.717) is 0 Å². The van der Waals surface area contributed by atoms with Gasteiger partial charge in [0.1, 0.15) is 17.6 Å². The summed E-state index contributed by atoms with van der Waals surface area (Å²) in [5.41, 5.74) is 2.71. The van der Waals surface area contributed by atoms with Gasteiger partial charge in [0.15, 0.2) is 0 Å². The molecular weight excluding hydrogens is 264 g/mol. The summed E-state index contributed by atoms with van der Waals surface area (Å²) in [5.74, 6) is 2.02. The Balaban J connectivity index is 1.83. The second kappa shape index (κ2) is 5.50. The lowest BCUT2D eigenvalue weighted by Gasteiger charge is -2.39. The van der Waals surface area contributed by atoms with Crippen LogP contribution in [0.3, 0.4) is 0 Å². The van der Waals surface area contributed by atoms with Crippen molar-refractivity contribution in [1.82, 2.24) is 10.2 Å². The largest absolute Gasteiger partial charge is 0.497 e. The molecule has 2 aliphatic rings. The van der Waals surface area contributed by atoms with Gasteiger partial charge >= 0.3 is 0 Å². The normalized spacial score (nSPS) is 24.5. The van der Waals surface area contributed by atoms with E-state index >= 15 is 0 Å². The molecule has 1 atom stereocenters. The molecule has 3 rings (SSSR count). The first-order valence-electron chi connectivity index (χ1n) is 7.81. The second-order valence-electron chi connectivity index (χ2n) is 6.93. The molecule has 1 fully saturated rings. The molecule has 0 aliphatic carbocycles. The Hall–Kier alpha value is -1.26. The monoisotopic (exact) mass is 290 g/mol. The van der Waals surface area contributed by atoms with Gasteiger partial charge < -0.3 is 14.8 Å². The molecule has 4 heteroatoms. The van der Waals surface area contributed by atoms with Crippen molar-refractivity contribution in [3.63, 3.8) is 0 Å². The van der Waals surface area contributed by atoms with Crippen molar-refractivity contribution in [2.45, 2.75) is 45.4 Å². The number of nitrogens with one attached hydrogen (secondary N) is 1. The molecule has 1 unspecified atom stereocenters. The Morgan fingerprint density at radius 2 is 2.24 bits per heavy atom. The quantitative estimate of drug-likeness (QED) is 0.925. The van der Waals surface area contributed by atoms with Gasteiger partial charge in [-0.25, -0.2) is 0 Å². The number of hydrogen-bond donors (Lipinski definition) is 1. The number of methoxy groups -OCH3 is 1. The van der Waals surface area contributed by atoms with Gasteiger partial charge in [-0.1, -0.05) is 0 Å². The number of nitrogens with zero attached hydrogens (tertiary/aromatic N) is 1. The Morgan fingerprint density at radius 3 is 2.95 bits per heavy atom. The summed E-state index contributed by atoms with van der Waals surface area (Å²) in [4.78, 5) is 2.50. The molecule has 4 nitrogen and oxygen atoms in total. The lowest BCUT2D eigenvalue weighted by atomic mass is 10.0. The maximum atomic E-state index is 6.03. The van der Waals surface area contributed by atoms with E-state index in [1.807, 2.05) is 0 Å². The van der Waals surface area contributed by atoms with Crippen LogP contribution in [-0.2, 0) is 13.0 Å². The van der Waals surface area contributed by atoms with Crippen LogP contribution in [0.2, 0.25) is 0 Å². The van der Waals surface area contributed by atoms with Crippen LogP contribution < -0.4 is 14.8 Å². The van der Waals surface area contributed by atoms with Gasteiger partial charge in [-0.2, -0.15) is 0 Å². The topological polar surface area (TPSA) is 33.7 Å². The van der Waals surface area contributed by atoms with Gasteiger partial charge in [0.25, 0.3) is 0 Å². The average molecular weight is 290 g/mol. The minimum Gasteiger partial charge on any atom is -0.497 e. The summed E-state index contributed by atoms with van der Waals surface area (Å²) < 4.78 is 11.5. The van der Waals surface area contributed by atoms with Crippen molar-refractivity contribution in [2.24, 2.45) is 0 Å². The summed E-state index contributed by atoms with van der Waals surface area (Å²) in [6, 6.07) is 4.25. The third-order valence-electron chi connectivity index (χ3n) is 4.32. The summed E-state index contributed by atoms with van der Waals surface area (Å²) in [6.45, 7) is 10.7. The van der Waals surface area contributed by atoms with Crippen LogP contribution in [-0.4, -0.2) is 43.3 Å². The number of piperazine rings is 1.